The first-order valence-electron chi connectivity index (χ1n) is 6.19. The van der Waals surface area contributed by atoms with Crippen molar-refractivity contribution in [2.45, 2.75) is 19.3 Å². The number of hydrogen-bond acceptors (Lipinski definition) is 4. The molecule has 2 rings (SSSR count). The van der Waals surface area contributed by atoms with Crippen LogP contribution in [0.4, 0.5) is 5.69 Å². The van der Waals surface area contributed by atoms with Gasteiger partial charge in [0.15, 0.2) is 6.61 Å². The summed E-state index contributed by atoms with van der Waals surface area (Å²) in [7, 11) is 3.09. The molecule has 5 nitrogen and oxygen atoms in total. The van der Waals surface area contributed by atoms with Crippen LogP contribution in [0.1, 0.15) is 24.8 Å². The predicted molar refractivity (Wildman–Crippen MR) is 70.4 cm³/mol. The van der Waals surface area contributed by atoms with Crippen LogP contribution < -0.4 is 9.64 Å². The van der Waals surface area contributed by atoms with Crippen LogP contribution in [0.5, 0.6) is 5.75 Å². The van der Waals surface area contributed by atoms with Crippen LogP contribution in [0.3, 0.4) is 0 Å². The van der Waals surface area contributed by atoms with Gasteiger partial charge in [0.25, 0.3) is 5.91 Å². The first-order chi connectivity index (χ1) is 9.08. The number of anilines is 1. The van der Waals surface area contributed by atoms with Gasteiger partial charge in [0.2, 0.25) is 0 Å². The van der Waals surface area contributed by atoms with Crippen molar-refractivity contribution in [1.29, 1.82) is 0 Å². The van der Waals surface area contributed by atoms with Gasteiger partial charge in [0, 0.05) is 7.05 Å². The zero-order valence-electron chi connectivity index (χ0n) is 11.3. The molecule has 1 heterocycles. The van der Waals surface area contributed by atoms with Crippen LogP contribution >= 0.6 is 0 Å². The number of carbonyl (C=O) groups is 2. The smallest absolute Gasteiger partial charge is 0.313 e. The van der Waals surface area contributed by atoms with Crippen molar-refractivity contribution in [1.82, 2.24) is 0 Å². The highest BCUT2D eigenvalue weighted by Crippen LogP contribution is 2.35. The Hall–Kier alpha value is -2.04. The zero-order chi connectivity index (χ0) is 14.0. The molecular formula is C14H17NO4. The van der Waals surface area contributed by atoms with Crippen molar-refractivity contribution < 1.29 is 19.1 Å². The Balaban J connectivity index is 2.36. The summed E-state index contributed by atoms with van der Waals surface area (Å²) in [5.41, 5.74) is 1.57. The molecule has 5 heteroatoms. The number of esters is 1. The van der Waals surface area contributed by atoms with Gasteiger partial charge in [-0.2, -0.15) is 0 Å². The van der Waals surface area contributed by atoms with Crippen LogP contribution in [0.2, 0.25) is 0 Å². The number of rotatable bonds is 3. The van der Waals surface area contributed by atoms with Crippen LogP contribution in [0, 0.1) is 0 Å². The van der Waals surface area contributed by atoms with Crippen LogP contribution in [-0.2, 0) is 14.3 Å². The fourth-order valence-corrected chi connectivity index (χ4v) is 2.19. The predicted octanol–water partition coefficient (Wildman–Crippen LogP) is 1.71. The minimum Gasteiger partial charge on any atom is -0.482 e. The highest BCUT2D eigenvalue weighted by Gasteiger charge is 2.25. The van der Waals surface area contributed by atoms with E-state index in [1.807, 2.05) is 19.1 Å². The van der Waals surface area contributed by atoms with Crippen molar-refractivity contribution >= 4 is 17.6 Å². The first-order valence-corrected chi connectivity index (χ1v) is 6.19. The monoisotopic (exact) mass is 263 g/mol. The lowest BCUT2D eigenvalue weighted by atomic mass is 9.95. The van der Waals surface area contributed by atoms with Crippen molar-refractivity contribution in [2.75, 3.05) is 25.7 Å². The minimum absolute atomic E-state index is 0.0297. The Morgan fingerprint density at radius 2 is 2.26 bits per heavy atom. The Kier molecular flexibility index (Phi) is 3.74. The average Bonchev–Trinajstić information content (AvgIpc) is 2.43. The molecule has 1 aliphatic heterocycles. The maximum absolute atomic E-state index is 11.7. The second kappa shape index (κ2) is 5.30. The van der Waals surface area contributed by atoms with Crippen LogP contribution in [0.25, 0.3) is 0 Å². The lowest BCUT2D eigenvalue weighted by Crippen LogP contribution is -2.35. The molecule has 1 unspecified atom stereocenters. The molecular weight excluding hydrogens is 246 g/mol. The minimum atomic E-state index is -0.304. The number of ether oxygens (including phenoxy) is 2. The molecule has 1 atom stereocenters. The Morgan fingerprint density at radius 3 is 2.89 bits per heavy atom. The molecule has 102 valence electrons. The summed E-state index contributed by atoms with van der Waals surface area (Å²) in [6, 6.07) is 5.44. The third-order valence-electron chi connectivity index (χ3n) is 3.37. The second-order valence-electron chi connectivity index (χ2n) is 4.45. The number of benzene rings is 1. The van der Waals surface area contributed by atoms with E-state index in [0.717, 1.165) is 11.3 Å². The molecule has 0 fully saturated rings. The van der Waals surface area contributed by atoms with Crippen molar-refractivity contribution in [2.24, 2.45) is 0 Å². The van der Waals surface area contributed by atoms with E-state index in [4.69, 9.17) is 9.47 Å². The van der Waals surface area contributed by atoms with Crippen LogP contribution in [0.15, 0.2) is 18.2 Å². The van der Waals surface area contributed by atoms with Crippen LogP contribution in [-0.4, -0.2) is 32.6 Å². The SMILES string of the molecule is CCC(C(=O)OC)c1ccc2c(c1)OCC(=O)N2C. The van der Waals surface area contributed by atoms with Gasteiger partial charge in [0.1, 0.15) is 5.75 Å². The zero-order valence-corrected chi connectivity index (χ0v) is 11.3. The van der Waals surface area contributed by atoms with E-state index >= 15 is 0 Å². The lowest BCUT2D eigenvalue weighted by Gasteiger charge is -2.27. The van der Waals surface area contributed by atoms with Gasteiger partial charge in [-0.15, -0.1) is 0 Å². The lowest BCUT2D eigenvalue weighted by molar-refractivity contribution is -0.142. The molecule has 0 spiro atoms. The second-order valence-corrected chi connectivity index (χ2v) is 4.45. The molecule has 0 bridgehead atoms. The van der Waals surface area contributed by atoms with E-state index in [1.54, 1.807) is 18.0 Å². The van der Waals surface area contributed by atoms with Gasteiger partial charge in [-0.05, 0) is 24.1 Å². The summed E-state index contributed by atoms with van der Waals surface area (Å²) in [4.78, 5) is 24.8. The fraction of sp³-hybridized carbons (Fsp3) is 0.429. The highest BCUT2D eigenvalue weighted by atomic mass is 16.5. The highest BCUT2D eigenvalue weighted by molar-refractivity contribution is 5.97. The summed E-state index contributed by atoms with van der Waals surface area (Å²) in [5.74, 6) is -0.0215. The molecule has 0 aliphatic carbocycles. The molecule has 0 saturated carbocycles. The van der Waals surface area contributed by atoms with Crippen molar-refractivity contribution in [3.63, 3.8) is 0 Å². The molecule has 1 aromatic carbocycles. The van der Waals surface area contributed by atoms with E-state index in [0.29, 0.717) is 12.2 Å². The average molecular weight is 263 g/mol. The van der Waals surface area contributed by atoms with E-state index in [1.165, 1.54) is 7.11 Å². The standard InChI is InChI=1S/C14H17NO4/c1-4-10(14(17)18-3)9-5-6-11-12(7-9)19-8-13(16)15(11)2/h5-7,10H,4,8H2,1-3H3. The first kappa shape index (κ1) is 13.4. The molecule has 0 N–H and O–H groups in total. The summed E-state index contributed by atoms with van der Waals surface area (Å²) in [5, 5.41) is 0. The van der Waals surface area contributed by atoms with Gasteiger partial charge < -0.3 is 14.4 Å². The van der Waals surface area contributed by atoms with E-state index < -0.39 is 0 Å². The molecule has 0 aromatic heterocycles. The number of carbonyl (C=O) groups excluding carboxylic acids is 2. The summed E-state index contributed by atoms with van der Waals surface area (Å²) in [6.45, 7) is 1.96. The largest absolute Gasteiger partial charge is 0.482 e. The maximum atomic E-state index is 11.7. The molecule has 0 radical (unpaired) electrons. The molecule has 1 amide bonds. The van der Waals surface area contributed by atoms with Gasteiger partial charge in [0.05, 0.1) is 18.7 Å². The summed E-state index contributed by atoms with van der Waals surface area (Å²) in [6.07, 6.45) is 0.653. The molecule has 1 aromatic rings. The van der Waals surface area contributed by atoms with Gasteiger partial charge in [-0.1, -0.05) is 13.0 Å². The Labute approximate surface area is 112 Å². The Bertz CT molecular complexity index is 512. The van der Waals surface area contributed by atoms with Gasteiger partial charge in [-0.25, -0.2) is 0 Å². The third-order valence-corrected chi connectivity index (χ3v) is 3.37. The van der Waals surface area contributed by atoms with E-state index in [-0.39, 0.29) is 24.4 Å². The number of methoxy groups -OCH3 is 1. The number of hydrogen-bond donors (Lipinski definition) is 0. The molecule has 1 aliphatic rings. The Morgan fingerprint density at radius 1 is 1.53 bits per heavy atom. The number of amides is 1. The molecule has 19 heavy (non-hydrogen) atoms. The van der Waals surface area contributed by atoms with Gasteiger partial charge >= 0.3 is 5.97 Å². The summed E-state index contributed by atoms with van der Waals surface area (Å²) >= 11 is 0. The number of likely N-dealkylation sites (N-methyl/N-ethyl adjacent to an activating group) is 1. The topological polar surface area (TPSA) is 55.8 Å². The van der Waals surface area contributed by atoms with Crippen molar-refractivity contribution in [3.8, 4) is 5.75 Å². The number of nitrogens with zero attached hydrogens (tertiary/aromatic N) is 1. The quantitative estimate of drug-likeness (QED) is 0.779. The maximum Gasteiger partial charge on any atom is 0.313 e. The molecule has 0 saturated heterocycles. The third kappa shape index (κ3) is 2.41. The fourth-order valence-electron chi connectivity index (χ4n) is 2.19. The summed E-state index contributed by atoms with van der Waals surface area (Å²) < 4.78 is 10.2. The normalized spacial score (nSPS) is 15.5. The van der Waals surface area contributed by atoms with Crippen molar-refractivity contribution in [3.05, 3.63) is 23.8 Å². The van der Waals surface area contributed by atoms with Gasteiger partial charge in [-0.3, -0.25) is 9.59 Å². The van der Waals surface area contributed by atoms with E-state index in [2.05, 4.69) is 0 Å². The van der Waals surface area contributed by atoms with E-state index in [9.17, 15) is 9.59 Å². The number of fused-ring (bicyclic) bond motifs is 1.